The molecule has 0 aromatic heterocycles. The van der Waals surface area contributed by atoms with Crippen molar-refractivity contribution >= 4 is 0 Å². The third-order valence-corrected chi connectivity index (χ3v) is 4.54. The van der Waals surface area contributed by atoms with Crippen LogP contribution in [0.25, 0.3) is 0 Å². The Balaban J connectivity index is 1.75. The maximum Gasteiger partial charge on any atom is 0.161 e. The maximum absolute atomic E-state index is 5.42. The molecule has 0 atom stereocenters. The molecule has 1 aromatic carbocycles. The van der Waals surface area contributed by atoms with Crippen LogP contribution in [0.5, 0.6) is 11.5 Å². The normalized spacial score (nSPS) is 18.0. The minimum absolute atomic E-state index is 0.830. The van der Waals surface area contributed by atoms with Crippen molar-refractivity contribution in [1.29, 1.82) is 0 Å². The lowest BCUT2D eigenvalue weighted by Crippen LogP contribution is -2.38. The van der Waals surface area contributed by atoms with Crippen LogP contribution in [0.2, 0.25) is 0 Å². The van der Waals surface area contributed by atoms with Crippen molar-refractivity contribution in [3.05, 3.63) is 34.4 Å². The zero-order valence-electron chi connectivity index (χ0n) is 13.2. The molecule has 1 fully saturated rings. The monoisotopic (exact) mass is 288 g/mol. The summed E-state index contributed by atoms with van der Waals surface area (Å²) < 4.78 is 10.8. The Bertz CT molecular complexity index is 560. The van der Waals surface area contributed by atoms with Gasteiger partial charge in [-0.25, -0.2) is 0 Å². The van der Waals surface area contributed by atoms with Crippen LogP contribution >= 0.6 is 0 Å². The van der Waals surface area contributed by atoms with Gasteiger partial charge >= 0.3 is 0 Å². The number of benzene rings is 1. The van der Waals surface area contributed by atoms with Crippen molar-refractivity contribution in [1.82, 2.24) is 10.2 Å². The Morgan fingerprint density at radius 2 is 1.81 bits per heavy atom. The lowest BCUT2D eigenvalue weighted by Gasteiger charge is -2.31. The Hall–Kier alpha value is -1.52. The topological polar surface area (TPSA) is 33.7 Å². The van der Waals surface area contributed by atoms with Crippen molar-refractivity contribution in [3.8, 4) is 11.5 Å². The smallest absolute Gasteiger partial charge is 0.161 e. The molecule has 4 nitrogen and oxygen atoms in total. The highest BCUT2D eigenvalue weighted by Gasteiger charge is 2.20. The van der Waals surface area contributed by atoms with Gasteiger partial charge in [0.05, 0.1) is 14.2 Å². The second-order valence-corrected chi connectivity index (χ2v) is 5.92. The van der Waals surface area contributed by atoms with Gasteiger partial charge in [-0.2, -0.15) is 0 Å². The molecule has 1 aromatic rings. The molecule has 0 bridgehead atoms. The van der Waals surface area contributed by atoms with Crippen molar-refractivity contribution < 1.29 is 9.47 Å². The fraction of sp³-hybridized carbons (Fsp3) is 0.529. The summed E-state index contributed by atoms with van der Waals surface area (Å²) in [5.74, 6) is 1.67. The van der Waals surface area contributed by atoms with Gasteiger partial charge in [0.15, 0.2) is 11.5 Å². The first-order valence-corrected chi connectivity index (χ1v) is 7.55. The van der Waals surface area contributed by atoms with E-state index in [0.717, 1.165) is 50.6 Å². The fourth-order valence-corrected chi connectivity index (χ4v) is 3.08. The molecular formula is C17H24N2O2. The molecule has 0 spiro atoms. The number of hydrogen-bond acceptors (Lipinski definition) is 4. The number of fused-ring (bicyclic) bond motifs is 1. The van der Waals surface area contributed by atoms with Gasteiger partial charge in [0, 0.05) is 32.7 Å². The Morgan fingerprint density at radius 3 is 2.38 bits per heavy atom. The van der Waals surface area contributed by atoms with E-state index in [0.29, 0.717) is 0 Å². The van der Waals surface area contributed by atoms with Gasteiger partial charge in [0.1, 0.15) is 0 Å². The Morgan fingerprint density at radius 1 is 1.14 bits per heavy atom. The molecule has 114 valence electrons. The zero-order valence-corrected chi connectivity index (χ0v) is 13.2. The third kappa shape index (κ3) is 2.92. The summed E-state index contributed by atoms with van der Waals surface area (Å²) in [6.45, 7) is 7.59. The van der Waals surface area contributed by atoms with E-state index < -0.39 is 0 Å². The summed E-state index contributed by atoms with van der Waals surface area (Å²) in [4.78, 5) is 2.52. The van der Waals surface area contributed by atoms with Crippen LogP contribution in [0.1, 0.15) is 18.1 Å². The summed E-state index contributed by atoms with van der Waals surface area (Å²) in [7, 11) is 3.39. The highest BCUT2D eigenvalue weighted by atomic mass is 16.5. The van der Waals surface area contributed by atoms with E-state index in [2.05, 4.69) is 29.3 Å². The number of ether oxygens (including phenoxy) is 2. The zero-order chi connectivity index (χ0) is 14.8. The molecule has 0 unspecified atom stereocenters. The molecule has 0 aliphatic carbocycles. The number of nitrogens with zero attached hydrogens (tertiary/aromatic N) is 1. The van der Waals surface area contributed by atoms with Gasteiger partial charge in [-0.05, 0) is 42.2 Å². The standard InChI is InChI=1S/C17H24N2O2/c1-12(15-8-18-9-15)10-19-5-4-13-6-16(20-2)17(21-3)7-14(13)11-19/h6-7,18H,4-5,8-11H2,1-3H3. The summed E-state index contributed by atoms with van der Waals surface area (Å²) in [6.07, 6.45) is 1.08. The molecule has 1 N–H and O–H groups in total. The van der Waals surface area contributed by atoms with Crippen molar-refractivity contribution in [2.24, 2.45) is 0 Å². The van der Waals surface area contributed by atoms with Crippen LogP contribution in [0.3, 0.4) is 0 Å². The molecule has 0 amide bonds. The van der Waals surface area contributed by atoms with Gasteiger partial charge in [0.25, 0.3) is 0 Å². The first kappa shape index (κ1) is 14.4. The SMILES string of the molecule is COc1cc2c(cc1OC)CN(CC(C)=C1CNC1)CC2. The summed E-state index contributed by atoms with van der Waals surface area (Å²) in [6, 6.07) is 4.26. The average Bonchev–Trinajstić information content (AvgIpc) is 2.43. The minimum Gasteiger partial charge on any atom is -0.493 e. The van der Waals surface area contributed by atoms with Crippen LogP contribution in [0.15, 0.2) is 23.3 Å². The number of methoxy groups -OCH3 is 2. The highest BCUT2D eigenvalue weighted by Crippen LogP contribution is 2.33. The number of hydrogen-bond donors (Lipinski definition) is 1. The molecule has 0 saturated carbocycles. The molecule has 2 heterocycles. The molecule has 2 aliphatic rings. The van der Waals surface area contributed by atoms with Crippen LogP contribution < -0.4 is 14.8 Å². The number of rotatable bonds is 4. The largest absolute Gasteiger partial charge is 0.493 e. The lowest BCUT2D eigenvalue weighted by molar-refractivity contribution is 0.272. The van der Waals surface area contributed by atoms with Crippen molar-refractivity contribution in [2.45, 2.75) is 19.9 Å². The van der Waals surface area contributed by atoms with Gasteiger partial charge in [0.2, 0.25) is 0 Å². The lowest BCUT2D eigenvalue weighted by atomic mass is 9.97. The van der Waals surface area contributed by atoms with Gasteiger partial charge < -0.3 is 14.8 Å². The predicted molar refractivity (Wildman–Crippen MR) is 84.1 cm³/mol. The third-order valence-electron chi connectivity index (χ3n) is 4.54. The Kier molecular flexibility index (Phi) is 4.17. The fourth-order valence-electron chi connectivity index (χ4n) is 3.08. The molecule has 2 aliphatic heterocycles. The number of nitrogens with one attached hydrogen (secondary N) is 1. The second kappa shape index (κ2) is 6.08. The van der Waals surface area contributed by atoms with Gasteiger partial charge in [-0.1, -0.05) is 5.57 Å². The molecule has 1 saturated heterocycles. The van der Waals surface area contributed by atoms with Gasteiger partial charge in [-0.15, -0.1) is 0 Å². The van der Waals surface area contributed by atoms with Crippen molar-refractivity contribution in [2.75, 3.05) is 40.4 Å². The molecule has 4 heteroatoms. The second-order valence-electron chi connectivity index (χ2n) is 5.92. The average molecular weight is 288 g/mol. The first-order chi connectivity index (χ1) is 10.2. The highest BCUT2D eigenvalue weighted by molar-refractivity contribution is 5.48. The summed E-state index contributed by atoms with van der Waals surface area (Å²) >= 11 is 0. The predicted octanol–water partition coefficient (Wildman–Crippen LogP) is 1.98. The van der Waals surface area contributed by atoms with Crippen LogP contribution in [0.4, 0.5) is 0 Å². The molecular weight excluding hydrogens is 264 g/mol. The van der Waals surface area contributed by atoms with E-state index in [1.54, 1.807) is 19.8 Å². The van der Waals surface area contributed by atoms with E-state index in [9.17, 15) is 0 Å². The quantitative estimate of drug-likeness (QED) is 0.859. The maximum atomic E-state index is 5.42. The van der Waals surface area contributed by atoms with Gasteiger partial charge in [-0.3, -0.25) is 4.90 Å². The molecule has 3 rings (SSSR count). The summed E-state index contributed by atoms with van der Waals surface area (Å²) in [5, 5.41) is 3.32. The van der Waals surface area contributed by atoms with Crippen LogP contribution in [-0.4, -0.2) is 45.3 Å². The van der Waals surface area contributed by atoms with E-state index in [-0.39, 0.29) is 0 Å². The minimum atomic E-state index is 0.830. The van der Waals surface area contributed by atoms with E-state index in [1.807, 2.05) is 0 Å². The van der Waals surface area contributed by atoms with Crippen LogP contribution in [-0.2, 0) is 13.0 Å². The molecule has 21 heavy (non-hydrogen) atoms. The van der Waals surface area contributed by atoms with E-state index in [4.69, 9.17) is 9.47 Å². The molecule has 0 radical (unpaired) electrons. The Labute approximate surface area is 126 Å². The van der Waals surface area contributed by atoms with E-state index >= 15 is 0 Å². The summed E-state index contributed by atoms with van der Waals surface area (Å²) in [5.41, 5.74) is 5.86. The van der Waals surface area contributed by atoms with Crippen molar-refractivity contribution in [3.63, 3.8) is 0 Å². The first-order valence-electron chi connectivity index (χ1n) is 7.55. The van der Waals surface area contributed by atoms with E-state index in [1.165, 1.54) is 16.7 Å². The van der Waals surface area contributed by atoms with Crippen LogP contribution in [0, 0.1) is 0 Å².